The molecule has 0 atom stereocenters. The molecule has 0 heterocycles. The smallest absolute Gasteiger partial charge is 0.313 e. The van der Waals surface area contributed by atoms with Crippen LogP contribution in [0.3, 0.4) is 0 Å². The summed E-state index contributed by atoms with van der Waals surface area (Å²) in [6.07, 6.45) is 0.990. The van der Waals surface area contributed by atoms with Crippen molar-refractivity contribution in [2.75, 3.05) is 0 Å². The number of benzene rings is 1. The Morgan fingerprint density at radius 3 is 2.50 bits per heavy atom. The van der Waals surface area contributed by atoms with Crippen molar-refractivity contribution < 1.29 is 9.90 Å². The molecule has 0 aromatic heterocycles. The van der Waals surface area contributed by atoms with E-state index in [9.17, 15) is 4.79 Å². The molecule has 16 heavy (non-hydrogen) atoms. The van der Waals surface area contributed by atoms with Crippen molar-refractivity contribution in [1.82, 2.24) is 0 Å². The minimum absolute atomic E-state index is 0.586. The number of carbonyl (C=O) groups is 1. The molecular formula is C14H20O2. The van der Waals surface area contributed by atoms with Crippen molar-refractivity contribution in [3.8, 4) is 0 Å². The first-order valence-electron chi connectivity index (χ1n) is 5.67. The molecule has 1 rings (SSSR count). The number of aliphatic carboxylic acids is 1. The van der Waals surface area contributed by atoms with Crippen LogP contribution in [0, 0.1) is 5.92 Å². The molecule has 0 aliphatic carbocycles. The maximum absolute atomic E-state index is 11.2. The van der Waals surface area contributed by atoms with Crippen LogP contribution < -0.4 is 0 Å². The number of rotatable bonds is 4. The number of hydrogen-bond donors (Lipinski definition) is 1. The fourth-order valence-electron chi connectivity index (χ4n) is 1.68. The van der Waals surface area contributed by atoms with Crippen molar-refractivity contribution in [2.45, 2.75) is 39.5 Å². The SMILES string of the molecule is CC(C)Cc1cccc(C(C)(C)C(=O)O)c1. The van der Waals surface area contributed by atoms with Gasteiger partial charge < -0.3 is 5.11 Å². The molecule has 1 aromatic carbocycles. The van der Waals surface area contributed by atoms with Crippen LogP contribution in [0.1, 0.15) is 38.8 Å². The van der Waals surface area contributed by atoms with Crippen LogP contribution in [0.4, 0.5) is 0 Å². The lowest BCUT2D eigenvalue weighted by atomic mass is 9.83. The molecule has 2 nitrogen and oxygen atoms in total. The van der Waals surface area contributed by atoms with Crippen LogP contribution in [0.2, 0.25) is 0 Å². The van der Waals surface area contributed by atoms with Gasteiger partial charge in [-0.2, -0.15) is 0 Å². The quantitative estimate of drug-likeness (QED) is 0.845. The molecule has 0 fully saturated rings. The molecule has 0 bridgehead atoms. The summed E-state index contributed by atoms with van der Waals surface area (Å²) < 4.78 is 0. The fraction of sp³-hybridized carbons (Fsp3) is 0.500. The van der Waals surface area contributed by atoms with Crippen LogP contribution in [0.25, 0.3) is 0 Å². The standard InChI is InChI=1S/C14H20O2/c1-10(2)8-11-6-5-7-12(9-11)14(3,4)13(15)16/h5-7,9-10H,8H2,1-4H3,(H,15,16). The zero-order valence-corrected chi connectivity index (χ0v) is 10.4. The van der Waals surface area contributed by atoms with Gasteiger partial charge in [-0.15, -0.1) is 0 Å². The van der Waals surface area contributed by atoms with Crippen molar-refractivity contribution in [1.29, 1.82) is 0 Å². The minimum atomic E-state index is -0.813. The van der Waals surface area contributed by atoms with Crippen molar-refractivity contribution in [2.24, 2.45) is 5.92 Å². The molecule has 0 saturated heterocycles. The van der Waals surface area contributed by atoms with Crippen LogP contribution in [0.15, 0.2) is 24.3 Å². The monoisotopic (exact) mass is 220 g/mol. The predicted octanol–water partition coefficient (Wildman–Crippen LogP) is 3.25. The minimum Gasteiger partial charge on any atom is -0.481 e. The van der Waals surface area contributed by atoms with Crippen LogP contribution >= 0.6 is 0 Å². The Labute approximate surface area is 97.3 Å². The van der Waals surface area contributed by atoms with E-state index in [0.717, 1.165) is 12.0 Å². The lowest BCUT2D eigenvalue weighted by Crippen LogP contribution is -2.28. The summed E-state index contributed by atoms with van der Waals surface area (Å²) in [5, 5.41) is 9.17. The van der Waals surface area contributed by atoms with Crippen LogP contribution in [0.5, 0.6) is 0 Å². The molecule has 0 unspecified atom stereocenters. The second kappa shape index (κ2) is 4.69. The Balaban J connectivity index is 3.03. The van der Waals surface area contributed by atoms with Crippen molar-refractivity contribution >= 4 is 5.97 Å². The third kappa shape index (κ3) is 2.84. The molecular weight excluding hydrogens is 200 g/mol. The van der Waals surface area contributed by atoms with Gasteiger partial charge in [0, 0.05) is 0 Å². The van der Waals surface area contributed by atoms with E-state index in [1.54, 1.807) is 13.8 Å². The molecule has 0 radical (unpaired) electrons. The van der Waals surface area contributed by atoms with Crippen LogP contribution in [-0.2, 0) is 16.6 Å². The Hall–Kier alpha value is -1.31. The maximum atomic E-state index is 11.2. The van der Waals surface area contributed by atoms with E-state index in [-0.39, 0.29) is 0 Å². The highest BCUT2D eigenvalue weighted by Gasteiger charge is 2.29. The highest BCUT2D eigenvalue weighted by atomic mass is 16.4. The first-order chi connectivity index (χ1) is 7.34. The van der Waals surface area contributed by atoms with Gasteiger partial charge in [-0.25, -0.2) is 0 Å². The Morgan fingerprint density at radius 2 is 2.00 bits per heavy atom. The van der Waals surface area contributed by atoms with Crippen molar-refractivity contribution in [3.05, 3.63) is 35.4 Å². The summed E-state index contributed by atoms with van der Waals surface area (Å²) in [6.45, 7) is 7.80. The summed E-state index contributed by atoms with van der Waals surface area (Å²) in [5.74, 6) is -0.197. The van der Waals surface area contributed by atoms with E-state index in [2.05, 4.69) is 19.9 Å². The first kappa shape index (κ1) is 12.8. The topological polar surface area (TPSA) is 37.3 Å². The Bertz CT molecular complexity index is 378. The van der Waals surface area contributed by atoms with Gasteiger partial charge in [0.2, 0.25) is 0 Å². The summed E-state index contributed by atoms with van der Waals surface area (Å²) in [4.78, 5) is 11.2. The molecule has 0 spiro atoms. The zero-order chi connectivity index (χ0) is 12.3. The van der Waals surface area contributed by atoms with E-state index in [1.807, 2.05) is 18.2 Å². The fourth-order valence-corrected chi connectivity index (χ4v) is 1.68. The largest absolute Gasteiger partial charge is 0.481 e. The lowest BCUT2D eigenvalue weighted by molar-refractivity contribution is -0.142. The lowest BCUT2D eigenvalue weighted by Gasteiger charge is -2.20. The third-order valence-electron chi connectivity index (χ3n) is 2.83. The van der Waals surface area contributed by atoms with Gasteiger partial charge in [0.05, 0.1) is 5.41 Å². The second-order valence-electron chi connectivity index (χ2n) is 5.23. The molecule has 0 saturated carbocycles. The Morgan fingerprint density at radius 1 is 1.38 bits per heavy atom. The third-order valence-corrected chi connectivity index (χ3v) is 2.83. The van der Waals surface area contributed by atoms with Crippen LogP contribution in [-0.4, -0.2) is 11.1 Å². The normalized spacial score (nSPS) is 11.8. The van der Waals surface area contributed by atoms with Gasteiger partial charge in [-0.05, 0) is 37.3 Å². The molecule has 2 heteroatoms. The predicted molar refractivity (Wildman–Crippen MR) is 65.6 cm³/mol. The van der Waals surface area contributed by atoms with Crippen molar-refractivity contribution in [3.63, 3.8) is 0 Å². The zero-order valence-electron chi connectivity index (χ0n) is 10.4. The number of carboxylic acid groups (broad SMARTS) is 1. The second-order valence-corrected chi connectivity index (χ2v) is 5.23. The molecule has 0 amide bonds. The number of carboxylic acids is 1. The van der Waals surface area contributed by atoms with Gasteiger partial charge in [-0.3, -0.25) is 4.79 Å². The van der Waals surface area contributed by atoms with E-state index in [0.29, 0.717) is 5.92 Å². The molecule has 0 aliphatic heterocycles. The van der Waals surface area contributed by atoms with E-state index in [4.69, 9.17) is 5.11 Å². The van der Waals surface area contributed by atoms with E-state index >= 15 is 0 Å². The summed E-state index contributed by atoms with van der Waals surface area (Å²) in [5.41, 5.74) is 1.27. The maximum Gasteiger partial charge on any atom is 0.313 e. The molecule has 0 aliphatic rings. The van der Waals surface area contributed by atoms with Gasteiger partial charge in [-0.1, -0.05) is 38.1 Å². The Kier molecular flexibility index (Phi) is 3.74. The molecule has 88 valence electrons. The van der Waals surface area contributed by atoms with Gasteiger partial charge >= 0.3 is 5.97 Å². The highest BCUT2D eigenvalue weighted by Crippen LogP contribution is 2.24. The van der Waals surface area contributed by atoms with E-state index < -0.39 is 11.4 Å². The number of hydrogen-bond acceptors (Lipinski definition) is 1. The highest BCUT2D eigenvalue weighted by molar-refractivity contribution is 5.80. The van der Waals surface area contributed by atoms with Gasteiger partial charge in [0.25, 0.3) is 0 Å². The summed E-state index contributed by atoms with van der Waals surface area (Å²) in [7, 11) is 0. The van der Waals surface area contributed by atoms with Gasteiger partial charge in [0.15, 0.2) is 0 Å². The summed E-state index contributed by atoms with van der Waals surface area (Å²) in [6, 6.07) is 7.89. The average Bonchev–Trinajstić information content (AvgIpc) is 2.16. The molecule has 1 aromatic rings. The molecule has 1 N–H and O–H groups in total. The first-order valence-corrected chi connectivity index (χ1v) is 5.67. The van der Waals surface area contributed by atoms with Gasteiger partial charge in [0.1, 0.15) is 0 Å². The average molecular weight is 220 g/mol. The van der Waals surface area contributed by atoms with E-state index in [1.165, 1.54) is 5.56 Å². The summed E-state index contributed by atoms with van der Waals surface area (Å²) >= 11 is 0.